The van der Waals surface area contributed by atoms with Crippen LogP contribution in [0.3, 0.4) is 0 Å². The lowest BCUT2D eigenvalue weighted by molar-refractivity contribution is -0.145. The van der Waals surface area contributed by atoms with Crippen LogP contribution in [0.15, 0.2) is 79.3 Å². The first-order chi connectivity index (χ1) is 27.7. The van der Waals surface area contributed by atoms with Crippen molar-refractivity contribution in [2.24, 2.45) is 0 Å². The number of ether oxygens (including phenoxy) is 3. The van der Waals surface area contributed by atoms with Gasteiger partial charge in [-0.2, -0.15) is 5.10 Å². The highest BCUT2D eigenvalue weighted by Gasteiger charge is 2.28. The van der Waals surface area contributed by atoms with Gasteiger partial charge in [0.1, 0.15) is 41.6 Å². The number of carbonyl (C=O) groups is 1. The lowest BCUT2D eigenvalue weighted by atomic mass is 9.96. The Bertz CT molecular complexity index is 2310. The van der Waals surface area contributed by atoms with Gasteiger partial charge in [0.2, 0.25) is 12.0 Å². The van der Waals surface area contributed by atoms with E-state index in [1.165, 1.54) is 17.7 Å². The van der Waals surface area contributed by atoms with Crippen LogP contribution in [-0.2, 0) is 24.4 Å². The maximum atomic E-state index is 12.9. The van der Waals surface area contributed by atoms with Crippen molar-refractivity contribution in [2.75, 3.05) is 46.4 Å². The molecular formula is C43H47ClN6O6S. The highest BCUT2D eigenvalue weighted by atomic mass is 35.5. The van der Waals surface area contributed by atoms with Gasteiger partial charge in [-0.15, -0.1) is 11.3 Å². The van der Waals surface area contributed by atoms with E-state index in [9.17, 15) is 15.0 Å². The molecule has 57 heavy (non-hydrogen) atoms. The fourth-order valence-corrected chi connectivity index (χ4v) is 8.31. The molecule has 4 heterocycles. The van der Waals surface area contributed by atoms with Gasteiger partial charge in [0.25, 0.3) is 0 Å². The number of phenolic OH excluding ortho intramolecular Hbond substituents is 1. The van der Waals surface area contributed by atoms with E-state index in [4.69, 9.17) is 25.8 Å². The number of carboxylic acids is 1. The number of fused-ring (bicyclic) bond motifs is 1. The van der Waals surface area contributed by atoms with E-state index >= 15 is 0 Å². The second-order valence-corrected chi connectivity index (χ2v) is 15.6. The molecule has 0 amide bonds. The first-order valence-corrected chi connectivity index (χ1v) is 20.4. The Morgan fingerprint density at radius 1 is 0.965 bits per heavy atom. The number of para-hydroxylation sites is 1. The van der Waals surface area contributed by atoms with Gasteiger partial charge in [0.05, 0.1) is 16.1 Å². The number of phenols is 1. The van der Waals surface area contributed by atoms with E-state index in [2.05, 4.69) is 38.8 Å². The highest BCUT2D eigenvalue weighted by molar-refractivity contribution is 7.22. The number of likely N-dealkylation sites (N-methyl/N-ethyl adjacent to an activating group) is 1. The van der Waals surface area contributed by atoms with E-state index in [0.717, 1.165) is 84.9 Å². The molecule has 0 spiro atoms. The summed E-state index contributed by atoms with van der Waals surface area (Å²) in [4.78, 5) is 28.2. The molecule has 6 aromatic rings. The number of aliphatic carboxylic acids is 1. The number of carboxylic acid groups (broad SMARTS) is 1. The Morgan fingerprint density at radius 2 is 1.75 bits per heavy atom. The van der Waals surface area contributed by atoms with Crippen LogP contribution in [0.5, 0.6) is 23.1 Å². The van der Waals surface area contributed by atoms with E-state index in [1.54, 1.807) is 18.3 Å². The van der Waals surface area contributed by atoms with Gasteiger partial charge in [0, 0.05) is 62.3 Å². The molecule has 0 bridgehead atoms. The lowest BCUT2D eigenvalue weighted by Gasteiger charge is -2.32. The number of hydrogen-bond acceptors (Lipinski definition) is 11. The first-order valence-electron chi connectivity index (χ1n) is 19.2. The fraction of sp³-hybridized carbons (Fsp3) is 0.349. The minimum atomic E-state index is -1.31. The summed E-state index contributed by atoms with van der Waals surface area (Å²) in [5, 5.41) is 26.1. The summed E-state index contributed by atoms with van der Waals surface area (Å²) >= 11 is 8.48. The van der Waals surface area contributed by atoms with Crippen LogP contribution < -0.4 is 14.2 Å². The summed E-state index contributed by atoms with van der Waals surface area (Å²) in [6.45, 7) is 10.5. The predicted octanol–water partition coefficient (Wildman–Crippen LogP) is 7.97. The van der Waals surface area contributed by atoms with Gasteiger partial charge >= 0.3 is 5.97 Å². The molecule has 0 aliphatic carbocycles. The van der Waals surface area contributed by atoms with Crippen LogP contribution in [0, 0.1) is 6.92 Å². The number of rotatable bonds is 17. The number of halogens is 1. The number of benzene rings is 3. The van der Waals surface area contributed by atoms with Gasteiger partial charge in [0.15, 0.2) is 0 Å². The Kier molecular flexibility index (Phi) is 12.9. The summed E-state index contributed by atoms with van der Waals surface area (Å²) in [7, 11) is 2.14. The van der Waals surface area contributed by atoms with Crippen LogP contribution >= 0.6 is 22.9 Å². The van der Waals surface area contributed by atoms with Crippen molar-refractivity contribution < 1.29 is 29.2 Å². The SMILES string of the molecule is CCCCn1nccc1COc1ccccc1CC(Oc1ncnc2sc(-c3ccc(O)cc3)c(-c3ccc(OCCN4CCN(C)CC4)c(Cl)c3C)c12)C(=O)O. The Morgan fingerprint density at radius 3 is 2.53 bits per heavy atom. The molecule has 2 N–H and O–H groups in total. The van der Waals surface area contributed by atoms with Crippen molar-refractivity contribution in [3.05, 3.63) is 101 Å². The van der Waals surface area contributed by atoms with Gasteiger partial charge in [-0.05, 0) is 85.1 Å². The Hall–Kier alpha value is -5.21. The summed E-state index contributed by atoms with van der Waals surface area (Å²) < 4.78 is 20.8. The lowest BCUT2D eigenvalue weighted by Crippen LogP contribution is -2.45. The molecule has 0 saturated carbocycles. The standard InChI is InChI=1S/C43H47ClN6O6S/c1-4-5-18-50-31(16-17-47-50)26-55-34-9-7-6-8-30(34)25-36(43(52)53)56-41-38-37(40(57-42(38)46-27-45-41)29-10-12-32(51)13-11-29)33-14-15-35(39(44)28(33)2)54-24-23-49-21-19-48(3)20-22-49/h6-17,27,36,51H,4-5,18-26H2,1-3H3,(H,52,53). The largest absolute Gasteiger partial charge is 0.508 e. The van der Waals surface area contributed by atoms with Crippen LogP contribution in [0.25, 0.3) is 31.8 Å². The molecule has 1 fully saturated rings. The third-order valence-corrected chi connectivity index (χ3v) is 11.9. The van der Waals surface area contributed by atoms with Crippen LogP contribution in [0.2, 0.25) is 5.02 Å². The van der Waals surface area contributed by atoms with Crippen molar-refractivity contribution in [1.82, 2.24) is 29.5 Å². The van der Waals surface area contributed by atoms with E-state index < -0.39 is 12.1 Å². The number of nitrogens with zero attached hydrogens (tertiary/aromatic N) is 6. The van der Waals surface area contributed by atoms with Crippen molar-refractivity contribution in [2.45, 2.75) is 52.4 Å². The van der Waals surface area contributed by atoms with E-state index in [0.29, 0.717) is 38.9 Å². The number of aryl methyl sites for hydroxylation is 1. The number of hydrogen-bond donors (Lipinski definition) is 2. The van der Waals surface area contributed by atoms with Crippen molar-refractivity contribution in [3.63, 3.8) is 0 Å². The Balaban J connectivity index is 1.20. The van der Waals surface area contributed by atoms with Crippen molar-refractivity contribution in [3.8, 4) is 44.7 Å². The zero-order valence-corrected chi connectivity index (χ0v) is 33.9. The maximum absolute atomic E-state index is 12.9. The van der Waals surface area contributed by atoms with Crippen LogP contribution in [-0.4, -0.2) is 98.2 Å². The molecule has 1 atom stereocenters. The van der Waals surface area contributed by atoms with E-state index in [-0.39, 0.29) is 24.7 Å². The van der Waals surface area contributed by atoms with Crippen LogP contribution in [0.1, 0.15) is 36.6 Å². The number of piperazine rings is 1. The van der Waals surface area contributed by atoms with Crippen molar-refractivity contribution in [1.29, 1.82) is 0 Å². The fourth-order valence-electron chi connectivity index (χ4n) is 6.94. The third-order valence-electron chi connectivity index (χ3n) is 10.3. The average Bonchev–Trinajstić information content (AvgIpc) is 3.84. The van der Waals surface area contributed by atoms with Gasteiger partial charge in [-0.3, -0.25) is 9.58 Å². The number of thiophene rings is 1. The topological polar surface area (TPSA) is 135 Å². The number of aromatic nitrogens is 4. The quantitative estimate of drug-likeness (QED) is 0.0929. The maximum Gasteiger partial charge on any atom is 0.345 e. The Labute approximate surface area is 341 Å². The minimum absolute atomic E-state index is 0.0153. The summed E-state index contributed by atoms with van der Waals surface area (Å²) in [5.74, 6) is 0.262. The average molecular weight is 811 g/mol. The van der Waals surface area contributed by atoms with E-state index in [1.807, 2.05) is 66.2 Å². The van der Waals surface area contributed by atoms with Gasteiger partial charge in [-0.25, -0.2) is 14.8 Å². The molecule has 14 heteroatoms. The van der Waals surface area contributed by atoms with Crippen LogP contribution in [0.4, 0.5) is 0 Å². The predicted molar refractivity (Wildman–Crippen MR) is 223 cm³/mol. The molecule has 0 radical (unpaired) electrons. The second-order valence-electron chi connectivity index (χ2n) is 14.2. The normalized spacial score (nSPS) is 14.2. The monoisotopic (exact) mass is 810 g/mol. The first kappa shape index (κ1) is 40.0. The molecule has 1 aliphatic rings. The number of aromatic hydroxyl groups is 1. The van der Waals surface area contributed by atoms with Crippen molar-refractivity contribution >= 4 is 39.1 Å². The molecule has 7 rings (SSSR count). The third kappa shape index (κ3) is 9.34. The molecule has 3 aromatic carbocycles. The smallest absolute Gasteiger partial charge is 0.345 e. The minimum Gasteiger partial charge on any atom is -0.508 e. The summed E-state index contributed by atoms with van der Waals surface area (Å²) in [5.41, 5.74) is 4.76. The molecule has 1 unspecified atom stereocenters. The summed E-state index contributed by atoms with van der Waals surface area (Å²) in [6.07, 6.45) is 3.90. The molecule has 12 nitrogen and oxygen atoms in total. The zero-order valence-electron chi connectivity index (χ0n) is 32.4. The number of unbranched alkanes of at least 4 members (excludes halogenated alkanes) is 1. The molecule has 1 aliphatic heterocycles. The molecule has 1 saturated heterocycles. The molecular weight excluding hydrogens is 764 g/mol. The molecule has 298 valence electrons. The molecule has 3 aromatic heterocycles. The zero-order chi connectivity index (χ0) is 39.9. The second kappa shape index (κ2) is 18.4. The highest BCUT2D eigenvalue weighted by Crippen LogP contribution is 2.49. The van der Waals surface area contributed by atoms with Gasteiger partial charge < -0.3 is 29.3 Å². The van der Waals surface area contributed by atoms with Gasteiger partial charge in [-0.1, -0.05) is 49.2 Å². The summed E-state index contributed by atoms with van der Waals surface area (Å²) in [6, 6.07) is 20.1.